The van der Waals surface area contributed by atoms with Crippen molar-refractivity contribution in [1.29, 1.82) is 5.26 Å². The Kier molecular flexibility index (Phi) is 4.06. The van der Waals surface area contributed by atoms with Crippen molar-refractivity contribution < 1.29 is 0 Å². The maximum absolute atomic E-state index is 9.64. The molecule has 0 radical (unpaired) electrons. The molecule has 0 aromatic rings. The Morgan fingerprint density at radius 1 is 1.29 bits per heavy atom. The van der Waals surface area contributed by atoms with Crippen LogP contribution in [0.1, 0.15) is 46.0 Å². The standard InChI is InChI=1S/C14H25N3/c1-3-9-17(4-2)11-14(10-15,12-5-6-12)16-13-7-8-13/h12-13,16H,3-9,11H2,1-2H3. The van der Waals surface area contributed by atoms with Gasteiger partial charge in [0.2, 0.25) is 0 Å². The molecule has 0 heterocycles. The van der Waals surface area contributed by atoms with E-state index in [-0.39, 0.29) is 5.54 Å². The lowest BCUT2D eigenvalue weighted by Crippen LogP contribution is -2.55. The average molecular weight is 235 g/mol. The van der Waals surface area contributed by atoms with Crippen LogP contribution in [-0.2, 0) is 0 Å². The summed E-state index contributed by atoms with van der Waals surface area (Å²) in [6.07, 6.45) is 6.16. The molecule has 1 atom stereocenters. The van der Waals surface area contributed by atoms with Crippen molar-refractivity contribution in [2.24, 2.45) is 5.92 Å². The first-order chi connectivity index (χ1) is 8.24. The number of rotatable bonds is 8. The summed E-state index contributed by atoms with van der Waals surface area (Å²) in [5.41, 5.74) is -0.258. The first-order valence-corrected chi connectivity index (χ1v) is 7.15. The lowest BCUT2D eigenvalue weighted by molar-refractivity contribution is 0.201. The van der Waals surface area contributed by atoms with Gasteiger partial charge in [0.05, 0.1) is 6.07 Å². The Morgan fingerprint density at radius 3 is 2.41 bits per heavy atom. The van der Waals surface area contributed by atoms with Gasteiger partial charge < -0.3 is 4.90 Å². The molecule has 0 bridgehead atoms. The third-order valence-electron chi connectivity index (χ3n) is 3.97. The number of nitriles is 1. The normalized spacial score (nSPS) is 23.4. The van der Waals surface area contributed by atoms with Crippen molar-refractivity contribution in [3.8, 4) is 6.07 Å². The molecule has 17 heavy (non-hydrogen) atoms. The molecule has 0 aliphatic heterocycles. The molecular formula is C14H25N3. The Balaban J connectivity index is 2.00. The van der Waals surface area contributed by atoms with E-state index < -0.39 is 0 Å². The van der Waals surface area contributed by atoms with Crippen LogP contribution in [0.25, 0.3) is 0 Å². The maximum Gasteiger partial charge on any atom is 0.122 e. The molecule has 0 amide bonds. The molecule has 1 unspecified atom stereocenters. The fraction of sp³-hybridized carbons (Fsp3) is 0.929. The van der Waals surface area contributed by atoms with E-state index in [1.807, 2.05) is 0 Å². The smallest absolute Gasteiger partial charge is 0.122 e. The van der Waals surface area contributed by atoms with E-state index in [2.05, 4.69) is 30.1 Å². The van der Waals surface area contributed by atoms with Crippen molar-refractivity contribution in [3.05, 3.63) is 0 Å². The van der Waals surface area contributed by atoms with Crippen LogP contribution in [0.3, 0.4) is 0 Å². The first-order valence-electron chi connectivity index (χ1n) is 7.15. The summed E-state index contributed by atoms with van der Waals surface area (Å²) in [7, 11) is 0. The number of hydrogen-bond donors (Lipinski definition) is 1. The van der Waals surface area contributed by atoms with E-state index in [4.69, 9.17) is 0 Å². The van der Waals surface area contributed by atoms with Crippen molar-refractivity contribution in [2.45, 2.75) is 57.5 Å². The van der Waals surface area contributed by atoms with Gasteiger partial charge in [0.1, 0.15) is 5.54 Å². The maximum atomic E-state index is 9.64. The zero-order valence-electron chi connectivity index (χ0n) is 11.2. The van der Waals surface area contributed by atoms with Gasteiger partial charge in [-0.2, -0.15) is 5.26 Å². The van der Waals surface area contributed by atoms with E-state index in [9.17, 15) is 5.26 Å². The summed E-state index contributed by atoms with van der Waals surface area (Å²) >= 11 is 0. The molecule has 1 N–H and O–H groups in total. The minimum Gasteiger partial charge on any atom is -0.301 e. The van der Waals surface area contributed by atoms with Gasteiger partial charge in [0.15, 0.2) is 0 Å². The second-order valence-electron chi connectivity index (χ2n) is 5.64. The largest absolute Gasteiger partial charge is 0.301 e. The monoisotopic (exact) mass is 235 g/mol. The summed E-state index contributed by atoms with van der Waals surface area (Å²) in [6.45, 7) is 7.48. The van der Waals surface area contributed by atoms with Gasteiger partial charge in [-0.05, 0) is 51.1 Å². The molecule has 3 heteroatoms. The number of nitrogens with zero attached hydrogens (tertiary/aromatic N) is 2. The highest BCUT2D eigenvalue weighted by Crippen LogP contribution is 2.41. The third kappa shape index (κ3) is 3.20. The van der Waals surface area contributed by atoms with E-state index in [1.165, 1.54) is 32.1 Å². The highest BCUT2D eigenvalue weighted by Gasteiger charge is 2.48. The lowest BCUT2D eigenvalue weighted by atomic mass is 9.93. The Hall–Kier alpha value is -0.590. The van der Waals surface area contributed by atoms with E-state index in [1.54, 1.807) is 0 Å². The van der Waals surface area contributed by atoms with Crippen molar-refractivity contribution in [3.63, 3.8) is 0 Å². The van der Waals surface area contributed by atoms with Crippen LogP contribution in [0.2, 0.25) is 0 Å². The van der Waals surface area contributed by atoms with Gasteiger partial charge >= 0.3 is 0 Å². The summed E-state index contributed by atoms with van der Waals surface area (Å²) in [4.78, 5) is 2.43. The number of likely N-dealkylation sites (N-methyl/N-ethyl adjacent to an activating group) is 1. The van der Waals surface area contributed by atoms with Crippen LogP contribution in [0.15, 0.2) is 0 Å². The minimum atomic E-state index is -0.258. The van der Waals surface area contributed by atoms with Gasteiger partial charge in [-0.15, -0.1) is 0 Å². The molecule has 0 spiro atoms. The molecule has 2 fully saturated rings. The summed E-state index contributed by atoms with van der Waals surface area (Å²) in [6, 6.07) is 3.24. The third-order valence-corrected chi connectivity index (χ3v) is 3.97. The Morgan fingerprint density at radius 2 is 2.00 bits per heavy atom. The average Bonchev–Trinajstić information content (AvgIpc) is 3.17. The van der Waals surface area contributed by atoms with Gasteiger partial charge in [-0.3, -0.25) is 5.32 Å². The zero-order chi connectivity index (χ0) is 12.3. The minimum absolute atomic E-state index is 0.258. The van der Waals surface area contributed by atoms with E-state index >= 15 is 0 Å². The summed E-state index contributed by atoms with van der Waals surface area (Å²) < 4.78 is 0. The molecule has 2 aliphatic rings. The molecule has 0 aromatic heterocycles. The topological polar surface area (TPSA) is 39.1 Å². The second kappa shape index (κ2) is 5.37. The van der Waals surface area contributed by atoms with Crippen LogP contribution in [0, 0.1) is 17.2 Å². The second-order valence-corrected chi connectivity index (χ2v) is 5.64. The van der Waals surface area contributed by atoms with Gasteiger partial charge in [-0.1, -0.05) is 13.8 Å². The Bertz CT molecular complexity index is 288. The zero-order valence-corrected chi connectivity index (χ0v) is 11.2. The molecule has 2 saturated carbocycles. The van der Waals surface area contributed by atoms with Crippen LogP contribution in [0.5, 0.6) is 0 Å². The Labute approximate surface area is 105 Å². The predicted octanol–water partition coefficient (Wildman–Crippen LogP) is 2.14. The van der Waals surface area contributed by atoms with Crippen molar-refractivity contribution >= 4 is 0 Å². The summed E-state index contributed by atoms with van der Waals surface area (Å²) in [5, 5.41) is 13.3. The van der Waals surface area contributed by atoms with Crippen LogP contribution < -0.4 is 5.32 Å². The highest BCUT2D eigenvalue weighted by molar-refractivity contribution is 5.18. The molecular weight excluding hydrogens is 210 g/mol. The van der Waals surface area contributed by atoms with E-state index in [0.29, 0.717) is 12.0 Å². The molecule has 3 nitrogen and oxygen atoms in total. The van der Waals surface area contributed by atoms with Gasteiger partial charge in [-0.25, -0.2) is 0 Å². The fourth-order valence-corrected chi connectivity index (χ4v) is 2.64. The molecule has 0 aromatic carbocycles. The SMILES string of the molecule is CCCN(CC)CC(C#N)(NC1CC1)C1CC1. The predicted molar refractivity (Wildman–Crippen MR) is 69.6 cm³/mol. The van der Waals surface area contributed by atoms with E-state index in [0.717, 1.165) is 19.6 Å². The van der Waals surface area contributed by atoms with Crippen LogP contribution in [-0.4, -0.2) is 36.1 Å². The van der Waals surface area contributed by atoms with Crippen LogP contribution in [0.4, 0.5) is 0 Å². The van der Waals surface area contributed by atoms with Gasteiger partial charge in [0, 0.05) is 12.6 Å². The number of nitrogens with one attached hydrogen (secondary N) is 1. The quantitative estimate of drug-likeness (QED) is 0.700. The molecule has 96 valence electrons. The number of hydrogen-bond acceptors (Lipinski definition) is 3. The molecule has 2 rings (SSSR count). The molecule has 0 saturated heterocycles. The highest BCUT2D eigenvalue weighted by atomic mass is 15.2. The first kappa shape index (κ1) is 12.9. The fourth-order valence-electron chi connectivity index (χ4n) is 2.64. The molecule has 2 aliphatic carbocycles. The van der Waals surface area contributed by atoms with Crippen molar-refractivity contribution in [2.75, 3.05) is 19.6 Å². The summed E-state index contributed by atoms with van der Waals surface area (Å²) in [5.74, 6) is 0.596. The van der Waals surface area contributed by atoms with Crippen molar-refractivity contribution in [1.82, 2.24) is 10.2 Å². The van der Waals surface area contributed by atoms with Gasteiger partial charge in [0.25, 0.3) is 0 Å². The lowest BCUT2D eigenvalue weighted by Gasteiger charge is -2.34. The van der Waals surface area contributed by atoms with Crippen LogP contribution >= 0.6 is 0 Å².